The highest BCUT2D eigenvalue weighted by atomic mass is 19.4. The minimum atomic E-state index is -6.70. The van der Waals surface area contributed by atoms with E-state index >= 15 is 0 Å². The number of aromatic hydroxyl groups is 1. The number of hydrogen-bond donors (Lipinski definition) is 2. The van der Waals surface area contributed by atoms with E-state index in [2.05, 4.69) is 0 Å². The van der Waals surface area contributed by atoms with Crippen LogP contribution in [0.15, 0.2) is 18.2 Å². The zero-order valence-corrected chi connectivity index (χ0v) is 10.5. The predicted octanol–water partition coefficient (Wildman–Crippen LogP) is 3.07. The zero-order chi connectivity index (χ0) is 18.2. The molecule has 0 saturated carbocycles. The number of nitrogens with zero attached hydrogens (tertiary/aromatic N) is 1. The normalized spacial score (nSPS) is 12.8. The summed E-state index contributed by atoms with van der Waals surface area (Å²) in [5, 5.41) is 20.5. The van der Waals surface area contributed by atoms with E-state index in [9.17, 15) is 50.7 Å². The van der Waals surface area contributed by atoms with E-state index in [4.69, 9.17) is 0 Å². The van der Waals surface area contributed by atoms with Gasteiger partial charge in [0.2, 0.25) is 0 Å². The van der Waals surface area contributed by atoms with Gasteiger partial charge < -0.3 is 10.4 Å². The van der Waals surface area contributed by atoms with E-state index in [-0.39, 0.29) is 0 Å². The van der Waals surface area contributed by atoms with Crippen molar-refractivity contribution in [3.05, 3.63) is 28.3 Å². The topological polar surface area (TPSA) is 92.5 Å². The molecule has 1 amide bonds. The number of hydrogen-bond acceptors (Lipinski definition) is 4. The molecule has 13 heteroatoms. The number of nitro groups is 1. The summed E-state index contributed by atoms with van der Waals surface area (Å²) in [6.07, 6.45) is -6.70. The first kappa shape index (κ1) is 18.4. The number of alkyl halides is 7. The van der Waals surface area contributed by atoms with Gasteiger partial charge in [0, 0.05) is 6.07 Å². The molecule has 0 saturated heterocycles. The monoisotopic (exact) mass is 350 g/mol. The molecule has 0 bridgehead atoms. The van der Waals surface area contributed by atoms with Crippen LogP contribution in [0.3, 0.4) is 0 Å². The Morgan fingerprint density at radius 2 is 1.65 bits per heavy atom. The van der Waals surface area contributed by atoms with Crippen molar-refractivity contribution in [2.75, 3.05) is 5.32 Å². The van der Waals surface area contributed by atoms with Gasteiger partial charge in [0.25, 0.3) is 5.69 Å². The molecule has 0 atom stereocenters. The molecule has 0 aromatic heterocycles. The van der Waals surface area contributed by atoms with Crippen molar-refractivity contribution >= 4 is 17.3 Å². The minimum absolute atomic E-state index is 0.371. The molecule has 1 aromatic carbocycles. The first-order chi connectivity index (χ1) is 10.2. The lowest BCUT2D eigenvalue weighted by atomic mass is 10.1. The van der Waals surface area contributed by atoms with Gasteiger partial charge in [-0.25, -0.2) is 0 Å². The van der Waals surface area contributed by atoms with Crippen molar-refractivity contribution in [2.24, 2.45) is 0 Å². The number of phenols is 1. The number of anilines is 1. The molecule has 0 radical (unpaired) electrons. The van der Waals surface area contributed by atoms with Gasteiger partial charge in [0.15, 0.2) is 0 Å². The number of non-ortho nitro benzene ring substituents is 1. The maximum atomic E-state index is 13.0. The summed E-state index contributed by atoms with van der Waals surface area (Å²) in [6, 6.07) is 1.44. The van der Waals surface area contributed by atoms with Crippen molar-refractivity contribution in [3.8, 4) is 5.75 Å². The van der Waals surface area contributed by atoms with E-state index < -0.39 is 46.0 Å². The Morgan fingerprint density at radius 1 is 1.13 bits per heavy atom. The molecule has 0 spiro atoms. The Morgan fingerprint density at radius 3 is 2.04 bits per heavy atom. The molecular weight excluding hydrogens is 345 g/mol. The van der Waals surface area contributed by atoms with Gasteiger partial charge in [-0.05, 0) is 6.07 Å². The number of carbonyl (C=O) groups excluding carboxylic acids is 1. The third-order valence-electron chi connectivity index (χ3n) is 2.48. The van der Waals surface area contributed by atoms with Gasteiger partial charge in [-0.3, -0.25) is 14.9 Å². The number of nitro benzene ring substituents is 1. The summed E-state index contributed by atoms with van der Waals surface area (Å²) in [5.74, 6) is -17.1. The lowest BCUT2D eigenvalue weighted by Crippen LogP contribution is -2.57. The van der Waals surface area contributed by atoms with Crippen molar-refractivity contribution < 1.29 is 45.6 Å². The summed E-state index contributed by atoms with van der Waals surface area (Å²) in [4.78, 5) is 20.3. The van der Waals surface area contributed by atoms with Crippen LogP contribution in [-0.4, -0.2) is 34.0 Å². The predicted molar refractivity (Wildman–Crippen MR) is 59.3 cm³/mol. The van der Waals surface area contributed by atoms with Gasteiger partial charge >= 0.3 is 23.9 Å². The molecule has 1 aromatic rings. The van der Waals surface area contributed by atoms with Gasteiger partial charge in [-0.2, -0.15) is 30.7 Å². The van der Waals surface area contributed by atoms with Crippen LogP contribution in [-0.2, 0) is 4.79 Å². The van der Waals surface area contributed by atoms with E-state index in [0.29, 0.717) is 18.2 Å². The quantitative estimate of drug-likeness (QED) is 0.378. The largest absolute Gasteiger partial charge is 0.506 e. The van der Waals surface area contributed by atoms with E-state index in [1.807, 2.05) is 0 Å². The van der Waals surface area contributed by atoms with Crippen LogP contribution < -0.4 is 5.32 Å². The van der Waals surface area contributed by atoms with Crippen LogP contribution in [0.5, 0.6) is 5.75 Å². The molecule has 2 N–H and O–H groups in total. The molecule has 0 unspecified atom stereocenters. The summed E-state index contributed by atoms with van der Waals surface area (Å²) in [5.41, 5.74) is -1.76. The standard InChI is InChI=1S/C10H5F7N2O4/c11-8(12,9(13,14)10(15,16)17)7(21)18-5-2-1-4(19(22)23)3-6(5)20/h1-3,20H,(H,18,21). The number of amides is 1. The minimum Gasteiger partial charge on any atom is -0.506 e. The van der Waals surface area contributed by atoms with Crippen LogP contribution >= 0.6 is 0 Å². The molecule has 128 valence electrons. The highest BCUT2D eigenvalue weighted by molar-refractivity contribution is 5.98. The fourth-order valence-corrected chi connectivity index (χ4v) is 1.26. The lowest BCUT2D eigenvalue weighted by molar-refractivity contribution is -0.384. The Kier molecular flexibility index (Phi) is 4.45. The van der Waals surface area contributed by atoms with Crippen LogP contribution in [0.4, 0.5) is 42.1 Å². The number of carbonyl (C=O) groups is 1. The van der Waals surface area contributed by atoms with Crippen molar-refractivity contribution in [1.29, 1.82) is 0 Å². The number of benzene rings is 1. The molecule has 6 nitrogen and oxygen atoms in total. The van der Waals surface area contributed by atoms with Crippen LogP contribution in [0, 0.1) is 10.1 Å². The highest BCUT2D eigenvalue weighted by Crippen LogP contribution is 2.47. The molecule has 23 heavy (non-hydrogen) atoms. The molecule has 0 fully saturated rings. The van der Waals surface area contributed by atoms with Crippen LogP contribution in [0.25, 0.3) is 0 Å². The second-order valence-corrected chi connectivity index (χ2v) is 4.06. The van der Waals surface area contributed by atoms with Crippen LogP contribution in [0.2, 0.25) is 0 Å². The summed E-state index contributed by atoms with van der Waals surface area (Å²) >= 11 is 0. The molecular formula is C10H5F7N2O4. The summed E-state index contributed by atoms with van der Waals surface area (Å²) < 4.78 is 87.1. The maximum absolute atomic E-state index is 13.0. The summed E-state index contributed by atoms with van der Waals surface area (Å²) in [6.45, 7) is 0. The third kappa shape index (κ3) is 3.27. The Bertz CT molecular complexity index is 645. The van der Waals surface area contributed by atoms with Gasteiger partial charge in [-0.15, -0.1) is 0 Å². The fourth-order valence-electron chi connectivity index (χ4n) is 1.26. The van der Waals surface area contributed by atoms with Crippen LogP contribution in [0.1, 0.15) is 0 Å². The molecule has 0 aliphatic rings. The van der Waals surface area contributed by atoms with E-state index in [0.717, 1.165) is 5.32 Å². The van der Waals surface area contributed by atoms with E-state index in [1.54, 1.807) is 0 Å². The molecule has 1 rings (SSSR count). The number of nitrogens with one attached hydrogen (secondary N) is 1. The summed E-state index contributed by atoms with van der Waals surface area (Å²) in [7, 11) is 0. The fraction of sp³-hybridized carbons (Fsp3) is 0.300. The zero-order valence-electron chi connectivity index (χ0n) is 10.5. The first-order valence-corrected chi connectivity index (χ1v) is 5.33. The Hall–Kier alpha value is -2.60. The molecule has 0 heterocycles. The lowest BCUT2D eigenvalue weighted by Gasteiger charge is -2.27. The van der Waals surface area contributed by atoms with Gasteiger partial charge in [0.05, 0.1) is 16.7 Å². The van der Waals surface area contributed by atoms with Crippen molar-refractivity contribution in [2.45, 2.75) is 18.0 Å². The van der Waals surface area contributed by atoms with Gasteiger partial charge in [-0.1, -0.05) is 0 Å². The van der Waals surface area contributed by atoms with Crippen molar-refractivity contribution in [1.82, 2.24) is 0 Å². The molecule has 0 aliphatic carbocycles. The van der Waals surface area contributed by atoms with E-state index in [1.165, 1.54) is 0 Å². The smallest absolute Gasteiger partial charge is 0.460 e. The molecule has 0 aliphatic heterocycles. The SMILES string of the molecule is O=C(Nc1ccc([N+](=O)[O-])cc1O)C(F)(F)C(F)(F)C(F)(F)F. The Labute approximate surface area is 121 Å². The highest BCUT2D eigenvalue weighted by Gasteiger charge is 2.76. The van der Waals surface area contributed by atoms with Gasteiger partial charge in [0.1, 0.15) is 5.75 Å². The second kappa shape index (κ2) is 5.55. The Balaban J connectivity index is 3.10. The average Bonchev–Trinajstić information content (AvgIpc) is 2.39. The maximum Gasteiger partial charge on any atom is 0.460 e. The number of halogens is 7. The second-order valence-electron chi connectivity index (χ2n) is 4.06. The third-order valence-corrected chi connectivity index (χ3v) is 2.48. The first-order valence-electron chi connectivity index (χ1n) is 5.33. The number of phenolic OH excluding ortho intramolecular Hbond substituents is 1. The number of rotatable bonds is 4. The van der Waals surface area contributed by atoms with Crippen molar-refractivity contribution in [3.63, 3.8) is 0 Å². The average molecular weight is 350 g/mol.